The zero-order valence-electron chi connectivity index (χ0n) is 18.8. The van der Waals surface area contributed by atoms with Gasteiger partial charge < -0.3 is 14.4 Å². The van der Waals surface area contributed by atoms with Crippen molar-refractivity contribution in [1.82, 2.24) is 4.90 Å². The van der Waals surface area contributed by atoms with Crippen molar-refractivity contribution < 1.29 is 23.9 Å². The van der Waals surface area contributed by atoms with Crippen LogP contribution in [0.5, 0.6) is 11.5 Å². The predicted octanol–water partition coefficient (Wildman–Crippen LogP) is 4.57. The Morgan fingerprint density at radius 1 is 0.970 bits per heavy atom. The lowest BCUT2D eigenvalue weighted by Crippen LogP contribution is -2.51. The van der Waals surface area contributed by atoms with E-state index in [2.05, 4.69) is 15.9 Å². The number of rotatable bonds is 6. The Morgan fingerprint density at radius 3 is 2.27 bits per heavy atom. The molecule has 0 N–H and O–H groups in total. The van der Waals surface area contributed by atoms with Crippen LogP contribution in [0.25, 0.3) is 0 Å². The first-order chi connectivity index (χ1) is 15.9. The largest absolute Gasteiger partial charge is 0.493 e. The van der Waals surface area contributed by atoms with Crippen molar-refractivity contribution in [3.8, 4) is 11.5 Å². The topological polar surface area (TPSA) is 76.2 Å². The van der Waals surface area contributed by atoms with E-state index in [9.17, 15) is 14.4 Å². The number of benzene rings is 2. The summed E-state index contributed by atoms with van der Waals surface area (Å²) in [6.07, 6.45) is 4.70. The second-order valence-corrected chi connectivity index (χ2v) is 9.25. The fourth-order valence-electron chi connectivity index (χ4n) is 4.73. The third kappa shape index (κ3) is 4.62. The number of carbonyl (C=O) groups excluding carboxylic acids is 3. The number of carbonyl (C=O) groups is 3. The molecule has 4 rings (SSSR count). The van der Waals surface area contributed by atoms with E-state index in [1.165, 1.54) is 19.1 Å². The highest BCUT2D eigenvalue weighted by Crippen LogP contribution is 2.34. The Morgan fingerprint density at radius 2 is 1.64 bits per heavy atom. The summed E-state index contributed by atoms with van der Waals surface area (Å²) in [5.41, 5.74) is 0.915. The molecule has 33 heavy (non-hydrogen) atoms. The summed E-state index contributed by atoms with van der Waals surface area (Å²) in [6, 6.07) is 11.1. The van der Waals surface area contributed by atoms with Crippen molar-refractivity contribution in [1.29, 1.82) is 0 Å². The standard InChI is InChI=1S/C25H27BrN2O5/c1-32-21-13-8-16(14-22(21)33-2)24(30)27(18-6-4-3-5-7-18)20-15-23(29)28(25(20)31)19-11-9-17(26)10-12-19/h8-14,18,20H,3-7,15H2,1-2H3. The van der Waals surface area contributed by atoms with Gasteiger partial charge in [0.2, 0.25) is 5.91 Å². The molecule has 0 bridgehead atoms. The Labute approximate surface area is 201 Å². The number of halogens is 1. The second-order valence-electron chi connectivity index (χ2n) is 8.34. The summed E-state index contributed by atoms with van der Waals surface area (Å²) in [6.45, 7) is 0. The van der Waals surface area contributed by atoms with Gasteiger partial charge in [0.25, 0.3) is 11.8 Å². The van der Waals surface area contributed by atoms with Crippen LogP contribution < -0.4 is 14.4 Å². The minimum atomic E-state index is -0.829. The van der Waals surface area contributed by atoms with Gasteiger partial charge in [0.1, 0.15) is 6.04 Å². The van der Waals surface area contributed by atoms with Gasteiger partial charge in [-0.3, -0.25) is 14.4 Å². The molecule has 1 aliphatic carbocycles. The van der Waals surface area contributed by atoms with Gasteiger partial charge >= 0.3 is 0 Å². The minimum Gasteiger partial charge on any atom is -0.493 e. The number of imide groups is 1. The van der Waals surface area contributed by atoms with Crippen LogP contribution in [-0.4, -0.2) is 48.9 Å². The van der Waals surface area contributed by atoms with E-state index in [4.69, 9.17) is 9.47 Å². The molecule has 7 nitrogen and oxygen atoms in total. The lowest BCUT2D eigenvalue weighted by Gasteiger charge is -2.37. The van der Waals surface area contributed by atoms with Gasteiger partial charge in [-0.1, -0.05) is 35.2 Å². The molecule has 1 aliphatic heterocycles. The zero-order chi connectivity index (χ0) is 23.5. The molecular weight excluding hydrogens is 488 g/mol. The van der Waals surface area contributed by atoms with Gasteiger partial charge in [0.15, 0.2) is 11.5 Å². The minimum absolute atomic E-state index is 0.0234. The molecular formula is C25H27BrN2O5. The first-order valence-corrected chi connectivity index (χ1v) is 11.9. The van der Waals surface area contributed by atoms with Crippen LogP contribution in [-0.2, 0) is 9.59 Å². The number of methoxy groups -OCH3 is 2. The van der Waals surface area contributed by atoms with Gasteiger partial charge in [-0.05, 0) is 55.3 Å². The lowest BCUT2D eigenvalue weighted by molar-refractivity contribution is -0.123. The Balaban J connectivity index is 1.69. The Kier molecular flexibility index (Phi) is 7.02. The highest BCUT2D eigenvalue weighted by Gasteiger charge is 2.46. The number of hydrogen-bond donors (Lipinski definition) is 0. The van der Waals surface area contributed by atoms with Gasteiger partial charge in [-0.15, -0.1) is 0 Å². The normalized spacial score (nSPS) is 19.0. The highest BCUT2D eigenvalue weighted by atomic mass is 79.9. The summed E-state index contributed by atoms with van der Waals surface area (Å²) in [4.78, 5) is 43.1. The van der Waals surface area contributed by atoms with E-state index in [1.54, 1.807) is 47.4 Å². The van der Waals surface area contributed by atoms with Gasteiger partial charge in [0, 0.05) is 16.1 Å². The molecule has 1 saturated carbocycles. The van der Waals surface area contributed by atoms with Crippen LogP contribution in [0.3, 0.4) is 0 Å². The van der Waals surface area contributed by atoms with Gasteiger partial charge in [-0.2, -0.15) is 0 Å². The molecule has 174 valence electrons. The van der Waals surface area contributed by atoms with Crippen molar-refractivity contribution in [3.05, 3.63) is 52.5 Å². The molecule has 0 radical (unpaired) electrons. The molecule has 8 heteroatoms. The third-order valence-electron chi connectivity index (χ3n) is 6.38. The molecule has 1 saturated heterocycles. The molecule has 1 atom stereocenters. The quantitative estimate of drug-likeness (QED) is 0.527. The van der Waals surface area contributed by atoms with Crippen LogP contribution in [0, 0.1) is 0 Å². The van der Waals surface area contributed by atoms with Crippen molar-refractivity contribution in [2.45, 2.75) is 50.6 Å². The van der Waals surface area contributed by atoms with Crippen LogP contribution >= 0.6 is 15.9 Å². The monoisotopic (exact) mass is 514 g/mol. The van der Waals surface area contributed by atoms with E-state index in [0.717, 1.165) is 36.6 Å². The summed E-state index contributed by atoms with van der Waals surface area (Å²) >= 11 is 3.38. The maximum absolute atomic E-state index is 13.8. The van der Waals surface area contributed by atoms with Gasteiger partial charge in [0.05, 0.1) is 26.3 Å². The molecule has 1 unspecified atom stereocenters. The zero-order valence-corrected chi connectivity index (χ0v) is 20.3. The first kappa shape index (κ1) is 23.3. The summed E-state index contributed by atoms with van der Waals surface area (Å²) in [7, 11) is 3.05. The fraction of sp³-hybridized carbons (Fsp3) is 0.400. The fourth-order valence-corrected chi connectivity index (χ4v) is 5.00. The molecule has 0 aromatic heterocycles. The SMILES string of the molecule is COc1ccc(C(=O)N(C2CCCCC2)C2CC(=O)N(c3ccc(Br)cc3)C2=O)cc1OC. The number of hydrogen-bond acceptors (Lipinski definition) is 5. The van der Waals surface area contributed by atoms with Crippen molar-refractivity contribution in [2.75, 3.05) is 19.1 Å². The molecule has 2 aliphatic rings. The van der Waals surface area contributed by atoms with E-state index in [1.807, 2.05) is 0 Å². The molecule has 2 aromatic carbocycles. The third-order valence-corrected chi connectivity index (χ3v) is 6.91. The maximum atomic E-state index is 13.8. The molecule has 2 fully saturated rings. The summed E-state index contributed by atoms with van der Waals surface area (Å²) < 4.78 is 11.5. The van der Waals surface area contributed by atoms with Crippen LogP contribution in [0.2, 0.25) is 0 Å². The van der Waals surface area contributed by atoms with Crippen LogP contribution in [0.15, 0.2) is 46.9 Å². The van der Waals surface area contributed by atoms with E-state index < -0.39 is 6.04 Å². The van der Waals surface area contributed by atoms with E-state index in [-0.39, 0.29) is 30.2 Å². The number of anilines is 1. The number of amides is 3. The van der Waals surface area contributed by atoms with Crippen molar-refractivity contribution in [2.24, 2.45) is 0 Å². The molecule has 3 amide bonds. The average Bonchev–Trinajstić information content (AvgIpc) is 3.13. The predicted molar refractivity (Wildman–Crippen MR) is 128 cm³/mol. The Bertz CT molecular complexity index is 1050. The van der Waals surface area contributed by atoms with E-state index >= 15 is 0 Å². The average molecular weight is 515 g/mol. The first-order valence-electron chi connectivity index (χ1n) is 11.1. The number of ether oxygens (including phenoxy) is 2. The molecule has 0 spiro atoms. The van der Waals surface area contributed by atoms with E-state index in [0.29, 0.717) is 22.7 Å². The van der Waals surface area contributed by atoms with Crippen LogP contribution in [0.4, 0.5) is 5.69 Å². The van der Waals surface area contributed by atoms with Crippen LogP contribution in [0.1, 0.15) is 48.9 Å². The molecule has 1 heterocycles. The van der Waals surface area contributed by atoms with Crippen molar-refractivity contribution >= 4 is 39.3 Å². The smallest absolute Gasteiger partial charge is 0.257 e. The van der Waals surface area contributed by atoms with Crippen molar-refractivity contribution in [3.63, 3.8) is 0 Å². The summed E-state index contributed by atoms with van der Waals surface area (Å²) in [5, 5.41) is 0. The number of nitrogens with zero attached hydrogens (tertiary/aromatic N) is 2. The highest BCUT2D eigenvalue weighted by molar-refractivity contribution is 9.10. The van der Waals surface area contributed by atoms with Gasteiger partial charge in [-0.25, -0.2) is 4.90 Å². The molecule has 2 aromatic rings. The second kappa shape index (κ2) is 9.95. The lowest BCUT2D eigenvalue weighted by atomic mass is 9.92. The Hall–Kier alpha value is -2.87. The summed E-state index contributed by atoms with van der Waals surface area (Å²) in [5.74, 6) is 0.0330. The maximum Gasteiger partial charge on any atom is 0.257 e.